The van der Waals surface area contributed by atoms with Crippen LogP contribution in [0.15, 0.2) is 29.6 Å². The van der Waals surface area contributed by atoms with Crippen molar-refractivity contribution in [3.8, 4) is 11.5 Å². The van der Waals surface area contributed by atoms with Crippen molar-refractivity contribution in [3.63, 3.8) is 0 Å². The maximum Gasteiger partial charge on any atom is 0.320 e. The van der Waals surface area contributed by atoms with Crippen molar-refractivity contribution >= 4 is 17.3 Å². The zero-order valence-corrected chi connectivity index (χ0v) is 15.5. The molecule has 0 radical (unpaired) electrons. The van der Waals surface area contributed by atoms with E-state index >= 15 is 0 Å². The molecule has 2 aromatic rings. The van der Waals surface area contributed by atoms with Crippen LogP contribution in [0, 0.1) is 6.92 Å². The van der Waals surface area contributed by atoms with E-state index in [0.29, 0.717) is 17.9 Å². The van der Waals surface area contributed by atoms with E-state index in [2.05, 4.69) is 23.3 Å². The van der Waals surface area contributed by atoms with E-state index in [4.69, 9.17) is 9.47 Å². The third-order valence-electron chi connectivity index (χ3n) is 4.79. The first-order valence-corrected chi connectivity index (χ1v) is 9.19. The van der Waals surface area contributed by atoms with Crippen LogP contribution in [0.4, 0.5) is 0 Å². The maximum absolute atomic E-state index is 11.8. The molecule has 0 saturated carbocycles. The van der Waals surface area contributed by atoms with Gasteiger partial charge in [-0.1, -0.05) is 12.1 Å². The number of aliphatic carboxylic acids is 1. The van der Waals surface area contributed by atoms with Crippen LogP contribution in [0.25, 0.3) is 0 Å². The van der Waals surface area contributed by atoms with Crippen LogP contribution in [0.1, 0.15) is 34.9 Å². The lowest BCUT2D eigenvalue weighted by molar-refractivity contribution is -0.142. The number of hydrogen-bond donors (Lipinski definition) is 1. The summed E-state index contributed by atoms with van der Waals surface area (Å²) < 4.78 is 11.1. The van der Waals surface area contributed by atoms with Gasteiger partial charge in [-0.25, -0.2) is 0 Å². The minimum absolute atomic E-state index is 0.159. The first kappa shape index (κ1) is 17.8. The first-order valence-electron chi connectivity index (χ1n) is 8.32. The largest absolute Gasteiger partial charge is 0.493 e. The van der Waals surface area contributed by atoms with E-state index in [0.717, 1.165) is 29.0 Å². The number of benzene rings is 1. The molecule has 0 amide bonds. The van der Waals surface area contributed by atoms with Crippen molar-refractivity contribution < 1.29 is 19.4 Å². The van der Waals surface area contributed by atoms with E-state index in [1.165, 1.54) is 0 Å². The fraction of sp³-hybridized carbons (Fsp3) is 0.421. The third kappa shape index (κ3) is 3.24. The number of hydrogen-bond acceptors (Lipinski definition) is 5. The fourth-order valence-electron chi connectivity index (χ4n) is 3.63. The number of ether oxygens (including phenoxy) is 2. The van der Waals surface area contributed by atoms with Crippen molar-refractivity contribution in [3.05, 3.63) is 45.6 Å². The summed E-state index contributed by atoms with van der Waals surface area (Å²) in [5, 5.41) is 11.7. The Hall–Kier alpha value is -2.05. The summed E-state index contributed by atoms with van der Waals surface area (Å²) in [5.41, 5.74) is 2.11. The first-order chi connectivity index (χ1) is 12.1. The third-order valence-corrected chi connectivity index (χ3v) is 5.86. The predicted octanol–water partition coefficient (Wildman–Crippen LogP) is 3.71. The Kier molecular flexibility index (Phi) is 5.30. The normalized spacial score (nSPS) is 18.9. The summed E-state index contributed by atoms with van der Waals surface area (Å²) >= 11 is 1.65. The molecule has 1 aromatic carbocycles. The van der Waals surface area contributed by atoms with Gasteiger partial charge in [0.15, 0.2) is 11.5 Å². The molecule has 5 nitrogen and oxygen atoms in total. The lowest BCUT2D eigenvalue weighted by Crippen LogP contribution is -2.39. The summed E-state index contributed by atoms with van der Waals surface area (Å²) in [7, 11) is 3.24. The van der Waals surface area contributed by atoms with Crippen LogP contribution in [0.5, 0.6) is 11.5 Å². The highest BCUT2D eigenvalue weighted by Gasteiger charge is 2.39. The second-order valence-electron chi connectivity index (χ2n) is 6.19. The van der Waals surface area contributed by atoms with Gasteiger partial charge in [0.25, 0.3) is 0 Å². The molecule has 1 fully saturated rings. The highest BCUT2D eigenvalue weighted by molar-refractivity contribution is 7.10. The van der Waals surface area contributed by atoms with Crippen LogP contribution >= 0.6 is 11.3 Å². The predicted molar refractivity (Wildman–Crippen MR) is 97.8 cm³/mol. The molecule has 1 N–H and O–H groups in total. The molecule has 1 saturated heterocycles. The standard InChI is InChI=1S/C19H23NO4S/c1-12-9-11-25-18(12)16(20-10-5-7-14(20)19(21)22)13-6-4-8-15(23-2)17(13)24-3/h4,6,8-9,11,14,16H,5,7,10H2,1-3H3,(H,21,22). The van der Waals surface area contributed by atoms with Gasteiger partial charge in [-0.15, -0.1) is 11.3 Å². The monoisotopic (exact) mass is 361 g/mol. The molecule has 3 rings (SSSR count). The molecule has 0 aliphatic carbocycles. The number of nitrogens with zero attached hydrogens (tertiary/aromatic N) is 1. The van der Waals surface area contributed by atoms with Gasteiger partial charge >= 0.3 is 5.97 Å². The van der Waals surface area contributed by atoms with Crippen molar-refractivity contribution in [2.75, 3.05) is 20.8 Å². The zero-order valence-electron chi connectivity index (χ0n) is 14.7. The summed E-state index contributed by atoms with van der Waals surface area (Å²) in [4.78, 5) is 15.0. The second-order valence-corrected chi connectivity index (χ2v) is 7.13. The van der Waals surface area contributed by atoms with E-state index in [1.54, 1.807) is 25.6 Å². The number of para-hydroxylation sites is 1. The van der Waals surface area contributed by atoms with Gasteiger partial charge in [0.2, 0.25) is 0 Å². The lowest BCUT2D eigenvalue weighted by atomic mass is 9.98. The van der Waals surface area contributed by atoms with E-state index in [-0.39, 0.29) is 6.04 Å². The van der Waals surface area contributed by atoms with Gasteiger partial charge in [-0.05, 0) is 42.8 Å². The molecular formula is C19H23NO4S. The Morgan fingerprint density at radius 1 is 1.32 bits per heavy atom. The molecular weight excluding hydrogens is 338 g/mol. The molecule has 1 aliphatic rings. The highest BCUT2D eigenvalue weighted by Crippen LogP contribution is 2.44. The van der Waals surface area contributed by atoms with E-state index in [1.807, 2.05) is 18.2 Å². The second kappa shape index (κ2) is 7.45. The quantitative estimate of drug-likeness (QED) is 0.850. The molecule has 2 atom stereocenters. The fourth-order valence-corrected chi connectivity index (χ4v) is 4.69. The van der Waals surface area contributed by atoms with Gasteiger partial charge in [0.1, 0.15) is 6.04 Å². The number of likely N-dealkylation sites (tertiary alicyclic amines) is 1. The van der Waals surface area contributed by atoms with E-state index < -0.39 is 12.0 Å². The zero-order chi connectivity index (χ0) is 18.0. The average molecular weight is 361 g/mol. The molecule has 2 heterocycles. The number of carboxylic acids is 1. The maximum atomic E-state index is 11.8. The van der Waals surface area contributed by atoms with Gasteiger partial charge in [0.05, 0.1) is 20.3 Å². The molecule has 134 valence electrons. The topological polar surface area (TPSA) is 59.0 Å². The number of aryl methyl sites for hydroxylation is 1. The van der Waals surface area contributed by atoms with Gasteiger partial charge < -0.3 is 14.6 Å². The summed E-state index contributed by atoms with van der Waals surface area (Å²) in [6.45, 7) is 2.82. The summed E-state index contributed by atoms with van der Waals surface area (Å²) in [6.07, 6.45) is 1.55. The number of methoxy groups -OCH3 is 2. The number of rotatable bonds is 6. The minimum Gasteiger partial charge on any atom is -0.493 e. The molecule has 1 aliphatic heterocycles. The van der Waals surface area contributed by atoms with Crippen LogP contribution in [-0.4, -0.2) is 42.8 Å². The molecule has 2 unspecified atom stereocenters. The molecule has 0 bridgehead atoms. The molecule has 6 heteroatoms. The smallest absolute Gasteiger partial charge is 0.320 e. The molecule has 1 aromatic heterocycles. The van der Waals surface area contributed by atoms with Crippen molar-refractivity contribution in [1.29, 1.82) is 0 Å². The highest BCUT2D eigenvalue weighted by atomic mass is 32.1. The van der Waals surface area contributed by atoms with Gasteiger partial charge in [-0.2, -0.15) is 0 Å². The van der Waals surface area contributed by atoms with Crippen LogP contribution < -0.4 is 9.47 Å². The minimum atomic E-state index is -0.765. The van der Waals surface area contributed by atoms with E-state index in [9.17, 15) is 9.90 Å². The lowest BCUT2D eigenvalue weighted by Gasteiger charge is -2.32. The van der Waals surface area contributed by atoms with Crippen LogP contribution in [0.3, 0.4) is 0 Å². The Morgan fingerprint density at radius 2 is 2.12 bits per heavy atom. The Bertz CT molecular complexity index is 758. The van der Waals surface area contributed by atoms with Crippen molar-refractivity contribution in [2.24, 2.45) is 0 Å². The van der Waals surface area contributed by atoms with Crippen molar-refractivity contribution in [1.82, 2.24) is 4.90 Å². The summed E-state index contributed by atoms with van der Waals surface area (Å²) in [5.74, 6) is 0.558. The number of carboxylic acid groups (broad SMARTS) is 1. The van der Waals surface area contributed by atoms with Gasteiger partial charge in [-0.3, -0.25) is 9.69 Å². The van der Waals surface area contributed by atoms with Crippen molar-refractivity contribution in [2.45, 2.75) is 31.8 Å². The Labute approximate surface area is 151 Å². The average Bonchev–Trinajstić information content (AvgIpc) is 3.25. The SMILES string of the molecule is COc1cccc(C(c2sccc2C)N2CCCC2C(=O)O)c1OC. The Balaban J connectivity index is 2.16. The van der Waals surface area contributed by atoms with Crippen LogP contribution in [0.2, 0.25) is 0 Å². The molecule has 25 heavy (non-hydrogen) atoms. The summed E-state index contributed by atoms with van der Waals surface area (Å²) in [6, 6.07) is 7.22. The van der Waals surface area contributed by atoms with Crippen LogP contribution in [-0.2, 0) is 4.79 Å². The molecule has 0 spiro atoms. The Morgan fingerprint density at radius 3 is 2.72 bits per heavy atom. The number of thiophene rings is 1. The van der Waals surface area contributed by atoms with Gasteiger partial charge in [0, 0.05) is 17.0 Å². The number of carbonyl (C=O) groups is 1.